The number of hydrogen-bond acceptors (Lipinski definition) is 1. The smallest absolute Gasteiger partial charge is 0.126 e. The van der Waals surface area contributed by atoms with Gasteiger partial charge in [-0.2, -0.15) is 5.26 Å². The van der Waals surface area contributed by atoms with E-state index >= 15 is 0 Å². The van der Waals surface area contributed by atoms with Crippen LogP contribution in [-0.2, 0) is 6.42 Å². The second kappa shape index (κ2) is 6.14. The maximum Gasteiger partial charge on any atom is 0.126 e. The number of halogens is 2. The average Bonchev–Trinajstić information content (AvgIpc) is 2.43. The minimum absolute atomic E-state index is 0.255. The maximum atomic E-state index is 13.9. The van der Waals surface area contributed by atoms with Crippen LogP contribution < -0.4 is 0 Å². The van der Waals surface area contributed by atoms with E-state index < -0.39 is 5.41 Å². The Morgan fingerprint density at radius 3 is 2.60 bits per heavy atom. The lowest BCUT2D eigenvalue weighted by Crippen LogP contribution is -2.30. The van der Waals surface area contributed by atoms with Crippen LogP contribution in [0.25, 0.3) is 0 Å². The summed E-state index contributed by atoms with van der Waals surface area (Å²) in [5.41, 5.74) is 0.152. The molecule has 0 spiro atoms. The summed E-state index contributed by atoms with van der Waals surface area (Å²) in [5, 5.41) is 10.1. The quantitative estimate of drug-likeness (QED) is 0.734. The second-order valence-electron chi connectivity index (χ2n) is 6.39. The van der Waals surface area contributed by atoms with Crippen LogP contribution in [0.15, 0.2) is 18.2 Å². The van der Waals surface area contributed by atoms with E-state index in [1.807, 2.05) is 0 Å². The molecule has 20 heavy (non-hydrogen) atoms. The topological polar surface area (TPSA) is 23.8 Å². The van der Waals surface area contributed by atoms with Crippen molar-refractivity contribution in [3.8, 4) is 6.07 Å². The van der Waals surface area contributed by atoms with E-state index in [1.54, 1.807) is 12.1 Å². The van der Waals surface area contributed by atoms with Gasteiger partial charge in [0.2, 0.25) is 0 Å². The first-order valence-corrected chi connectivity index (χ1v) is 7.69. The molecular formula is C17H21ClFN. The van der Waals surface area contributed by atoms with Gasteiger partial charge in [0.15, 0.2) is 0 Å². The Morgan fingerprint density at radius 1 is 1.40 bits per heavy atom. The Labute approximate surface area is 125 Å². The normalized spacial score (nSPS) is 26.5. The van der Waals surface area contributed by atoms with Crippen molar-refractivity contribution in [3.63, 3.8) is 0 Å². The van der Waals surface area contributed by atoms with E-state index in [-0.39, 0.29) is 5.82 Å². The van der Waals surface area contributed by atoms with E-state index in [1.165, 1.54) is 6.07 Å². The van der Waals surface area contributed by atoms with Crippen LogP contribution in [-0.4, -0.2) is 0 Å². The van der Waals surface area contributed by atoms with Gasteiger partial charge in [-0.15, -0.1) is 0 Å². The Hall–Kier alpha value is -1.07. The van der Waals surface area contributed by atoms with Gasteiger partial charge in [-0.3, -0.25) is 0 Å². The first-order chi connectivity index (χ1) is 9.46. The fourth-order valence-corrected chi connectivity index (χ4v) is 3.43. The van der Waals surface area contributed by atoms with Crippen LogP contribution in [0, 0.1) is 34.4 Å². The van der Waals surface area contributed by atoms with Crippen LogP contribution >= 0.6 is 11.6 Å². The van der Waals surface area contributed by atoms with Gasteiger partial charge in [0.25, 0.3) is 0 Å². The molecule has 1 fully saturated rings. The van der Waals surface area contributed by atoms with Crippen LogP contribution in [0.2, 0.25) is 5.02 Å². The summed E-state index contributed by atoms with van der Waals surface area (Å²) in [6.45, 7) is 4.47. The molecule has 1 aliphatic carbocycles. The van der Waals surface area contributed by atoms with Crippen molar-refractivity contribution in [3.05, 3.63) is 34.6 Å². The Balaban J connectivity index is 2.14. The molecule has 1 nitrogen and oxygen atoms in total. The molecule has 0 N–H and O–H groups in total. The van der Waals surface area contributed by atoms with Crippen LogP contribution in [0.5, 0.6) is 0 Å². The van der Waals surface area contributed by atoms with Gasteiger partial charge in [0, 0.05) is 5.02 Å². The fraction of sp³-hybridized carbons (Fsp3) is 0.588. The molecule has 3 heteroatoms. The summed E-state index contributed by atoms with van der Waals surface area (Å²) in [4.78, 5) is 0. The molecule has 0 radical (unpaired) electrons. The van der Waals surface area contributed by atoms with Crippen LogP contribution in [0.1, 0.15) is 45.1 Å². The summed E-state index contributed by atoms with van der Waals surface area (Å²) >= 11 is 5.94. The van der Waals surface area contributed by atoms with Crippen molar-refractivity contribution in [1.82, 2.24) is 0 Å². The molecule has 0 heterocycles. The van der Waals surface area contributed by atoms with Crippen molar-refractivity contribution < 1.29 is 4.39 Å². The zero-order valence-corrected chi connectivity index (χ0v) is 12.9. The summed E-state index contributed by atoms with van der Waals surface area (Å²) < 4.78 is 13.9. The lowest BCUT2D eigenvalue weighted by atomic mass is 9.66. The van der Waals surface area contributed by atoms with Crippen molar-refractivity contribution in [2.75, 3.05) is 0 Å². The van der Waals surface area contributed by atoms with Crippen molar-refractivity contribution in [1.29, 1.82) is 5.26 Å². The molecule has 0 aromatic heterocycles. The number of nitriles is 1. The molecule has 1 saturated carbocycles. The standard InChI is InChI=1S/C17H21ClFN/c1-12(2)13-5-7-17(11-20,8-6-13)10-14-9-15(18)3-4-16(14)19/h3-4,9,12-13H,5-8,10H2,1-2H3. The van der Waals surface area contributed by atoms with Crippen LogP contribution in [0.3, 0.4) is 0 Å². The molecule has 1 aliphatic rings. The fourth-order valence-electron chi connectivity index (χ4n) is 3.23. The monoisotopic (exact) mass is 293 g/mol. The molecule has 0 saturated heterocycles. The van der Waals surface area contributed by atoms with Gasteiger partial charge < -0.3 is 0 Å². The van der Waals surface area contributed by atoms with E-state index in [9.17, 15) is 9.65 Å². The predicted molar refractivity (Wildman–Crippen MR) is 80.0 cm³/mol. The van der Waals surface area contributed by atoms with E-state index in [2.05, 4.69) is 19.9 Å². The van der Waals surface area contributed by atoms with Gasteiger partial charge in [0.1, 0.15) is 5.82 Å². The number of nitrogens with zero attached hydrogens (tertiary/aromatic N) is 1. The molecule has 0 amide bonds. The Kier molecular flexibility index (Phi) is 4.70. The molecule has 2 rings (SSSR count). The molecule has 0 unspecified atom stereocenters. The SMILES string of the molecule is CC(C)C1CCC(C#N)(Cc2cc(Cl)ccc2F)CC1. The van der Waals surface area contributed by atoms with E-state index in [0.717, 1.165) is 25.7 Å². The Bertz CT molecular complexity index is 510. The number of benzene rings is 1. The summed E-state index contributed by atoms with van der Waals surface area (Å²) in [5.74, 6) is 1.10. The highest BCUT2D eigenvalue weighted by atomic mass is 35.5. The zero-order chi connectivity index (χ0) is 14.8. The molecule has 0 aliphatic heterocycles. The molecule has 0 atom stereocenters. The minimum Gasteiger partial charge on any atom is -0.207 e. The number of hydrogen-bond donors (Lipinski definition) is 0. The lowest BCUT2D eigenvalue weighted by molar-refractivity contribution is 0.174. The highest BCUT2D eigenvalue weighted by Gasteiger charge is 2.37. The second-order valence-corrected chi connectivity index (χ2v) is 6.82. The largest absolute Gasteiger partial charge is 0.207 e. The molecule has 1 aromatic carbocycles. The van der Waals surface area contributed by atoms with Gasteiger partial charge in [0.05, 0.1) is 11.5 Å². The van der Waals surface area contributed by atoms with Gasteiger partial charge >= 0.3 is 0 Å². The van der Waals surface area contributed by atoms with E-state index in [0.29, 0.717) is 28.8 Å². The van der Waals surface area contributed by atoms with Crippen molar-refractivity contribution >= 4 is 11.6 Å². The molecule has 108 valence electrons. The summed E-state index contributed by atoms with van der Waals surface area (Å²) in [6.07, 6.45) is 4.32. The van der Waals surface area contributed by atoms with Gasteiger partial charge in [-0.1, -0.05) is 25.4 Å². The summed E-state index contributed by atoms with van der Waals surface area (Å²) in [7, 11) is 0. The minimum atomic E-state index is -0.420. The van der Waals surface area contributed by atoms with Gasteiger partial charge in [-0.05, 0) is 67.7 Å². The third-order valence-electron chi connectivity index (χ3n) is 4.70. The first kappa shape index (κ1) is 15.3. The van der Waals surface area contributed by atoms with Crippen LogP contribution in [0.4, 0.5) is 4.39 Å². The molecule has 1 aromatic rings. The lowest BCUT2D eigenvalue weighted by Gasteiger charge is -2.36. The van der Waals surface area contributed by atoms with Crippen molar-refractivity contribution in [2.24, 2.45) is 17.3 Å². The Morgan fingerprint density at radius 2 is 2.05 bits per heavy atom. The highest BCUT2D eigenvalue weighted by Crippen LogP contribution is 2.43. The van der Waals surface area contributed by atoms with Crippen molar-refractivity contribution in [2.45, 2.75) is 46.0 Å². The molecular weight excluding hydrogens is 273 g/mol. The summed E-state index contributed by atoms with van der Waals surface area (Å²) in [6, 6.07) is 7.06. The average molecular weight is 294 g/mol. The third kappa shape index (κ3) is 3.33. The highest BCUT2D eigenvalue weighted by molar-refractivity contribution is 6.30. The predicted octanol–water partition coefficient (Wildman–Crippen LogP) is 5.38. The van der Waals surface area contributed by atoms with E-state index in [4.69, 9.17) is 11.6 Å². The third-order valence-corrected chi connectivity index (χ3v) is 4.94. The van der Waals surface area contributed by atoms with Gasteiger partial charge in [-0.25, -0.2) is 4.39 Å². The zero-order valence-electron chi connectivity index (χ0n) is 12.1. The first-order valence-electron chi connectivity index (χ1n) is 7.31. The molecule has 0 bridgehead atoms. The maximum absolute atomic E-state index is 13.9. The number of rotatable bonds is 3.